The second-order valence-electron chi connectivity index (χ2n) is 6.20. The summed E-state index contributed by atoms with van der Waals surface area (Å²) in [5.41, 5.74) is 5.45. The first-order chi connectivity index (χ1) is 11.0. The Morgan fingerprint density at radius 1 is 1.17 bits per heavy atom. The van der Waals surface area contributed by atoms with E-state index in [-0.39, 0.29) is 12.1 Å². The van der Waals surface area contributed by atoms with Crippen LogP contribution in [0, 0.1) is 20.8 Å². The van der Waals surface area contributed by atoms with Crippen LogP contribution in [0.1, 0.15) is 47.8 Å². The van der Waals surface area contributed by atoms with Crippen molar-refractivity contribution in [1.82, 2.24) is 30.1 Å². The molecular formula is C16H26N6O. The van der Waals surface area contributed by atoms with E-state index < -0.39 is 0 Å². The van der Waals surface area contributed by atoms with E-state index >= 15 is 0 Å². The first kappa shape index (κ1) is 16.1. The maximum Gasteiger partial charge on any atom is 0.101 e. The fourth-order valence-electron chi connectivity index (χ4n) is 3.28. The molecule has 3 rings (SSSR count). The molecular weight excluding hydrogens is 292 g/mol. The third kappa shape index (κ3) is 3.03. The largest absolute Gasteiger partial charge is 0.372 e. The van der Waals surface area contributed by atoms with Gasteiger partial charge in [-0.25, -0.2) is 0 Å². The molecule has 7 heteroatoms. The van der Waals surface area contributed by atoms with E-state index in [9.17, 15) is 0 Å². The molecule has 0 spiro atoms. The van der Waals surface area contributed by atoms with Crippen LogP contribution in [0.15, 0.2) is 0 Å². The Balaban J connectivity index is 1.73. The van der Waals surface area contributed by atoms with Crippen molar-refractivity contribution in [1.29, 1.82) is 0 Å². The number of rotatable bonds is 5. The van der Waals surface area contributed by atoms with E-state index in [0.29, 0.717) is 6.54 Å². The quantitative estimate of drug-likeness (QED) is 0.906. The molecule has 0 saturated carbocycles. The van der Waals surface area contributed by atoms with Gasteiger partial charge in [0.25, 0.3) is 0 Å². The molecule has 23 heavy (non-hydrogen) atoms. The molecule has 1 aliphatic rings. The van der Waals surface area contributed by atoms with Gasteiger partial charge < -0.3 is 10.1 Å². The van der Waals surface area contributed by atoms with Gasteiger partial charge in [0.1, 0.15) is 6.10 Å². The number of hydrogen-bond donors (Lipinski definition) is 1. The molecule has 0 unspecified atom stereocenters. The minimum atomic E-state index is 0.0604. The molecule has 7 nitrogen and oxygen atoms in total. The average molecular weight is 318 g/mol. The lowest BCUT2D eigenvalue weighted by molar-refractivity contribution is 0.0973. The van der Waals surface area contributed by atoms with Crippen LogP contribution in [0.25, 0.3) is 0 Å². The third-order valence-electron chi connectivity index (χ3n) is 4.67. The lowest BCUT2D eigenvalue weighted by atomic mass is 10.00. The van der Waals surface area contributed by atoms with E-state index in [0.717, 1.165) is 36.7 Å². The molecule has 2 atom stereocenters. The van der Waals surface area contributed by atoms with Gasteiger partial charge in [0.15, 0.2) is 0 Å². The molecule has 0 aliphatic carbocycles. The predicted octanol–water partition coefficient (Wildman–Crippen LogP) is 1.58. The molecule has 2 aromatic rings. The molecule has 1 saturated heterocycles. The molecule has 1 N–H and O–H groups in total. The number of aryl methyl sites for hydroxylation is 4. The lowest BCUT2D eigenvalue weighted by Crippen LogP contribution is -2.32. The van der Waals surface area contributed by atoms with E-state index in [1.807, 2.05) is 25.6 Å². The summed E-state index contributed by atoms with van der Waals surface area (Å²) < 4.78 is 7.95. The molecule has 3 heterocycles. The first-order valence-corrected chi connectivity index (χ1v) is 8.27. The minimum Gasteiger partial charge on any atom is -0.372 e. The molecule has 2 aromatic heterocycles. The highest BCUT2D eigenvalue weighted by Gasteiger charge is 2.33. The molecule has 0 amide bonds. The van der Waals surface area contributed by atoms with Crippen molar-refractivity contribution in [2.24, 2.45) is 7.05 Å². The van der Waals surface area contributed by atoms with E-state index in [2.05, 4.69) is 34.5 Å². The van der Waals surface area contributed by atoms with Crippen LogP contribution in [-0.4, -0.2) is 37.4 Å². The smallest absolute Gasteiger partial charge is 0.101 e. The summed E-state index contributed by atoms with van der Waals surface area (Å²) in [6, 6.07) is 0.280. The molecule has 1 aliphatic heterocycles. The molecule has 126 valence electrons. The van der Waals surface area contributed by atoms with Crippen molar-refractivity contribution in [3.05, 3.63) is 28.3 Å². The highest BCUT2D eigenvalue weighted by molar-refractivity contribution is 5.29. The van der Waals surface area contributed by atoms with E-state index in [1.54, 1.807) is 4.80 Å². The zero-order valence-corrected chi connectivity index (χ0v) is 14.6. The average Bonchev–Trinajstić information content (AvgIpc) is 3.17. The van der Waals surface area contributed by atoms with Gasteiger partial charge in [-0.3, -0.25) is 4.68 Å². The summed E-state index contributed by atoms with van der Waals surface area (Å²) >= 11 is 0. The fourth-order valence-corrected chi connectivity index (χ4v) is 3.28. The van der Waals surface area contributed by atoms with Gasteiger partial charge >= 0.3 is 0 Å². The molecule has 0 radical (unpaired) electrons. The Labute approximate surface area is 137 Å². The zero-order chi connectivity index (χ0) is 16.6. The number of nitrogens with one attached hydrogen (secondary N) is 1. The second-order valence-corrected chi connectivity index (χ2v) is 6.20. The maximum atomic E-state index is 6.01. The fraction of sp³-hybridized carbons (Fsp3) is 0.688. The third-order valence-corrected chi connectivity index (χ3v) is 4.67. The van der Waals surface area contributed by atoms with Crippen molar-refractivity contribution in [2.45, 2.75) is 59.4 Å². The van der Waals surface area contributed by atoms with Gasteiger partial charge in [0.05, 0.1) is 23.6 Å². The highest BCUT2D eigenvalue weighted by atomic mass is 16.5. The number of nitrogens with zero attached hydrogens (tertiary/aromatic N) is 5. The van der Waals surface area contributed by atoms with Crippen molar-refractivity contribution >= 4 is 0 Å². The first-order valence-electron chi connectivity index (χ1n) is 8.27. The van der Waals surface area contributed by atoms with Crippen molar-refractivity contribution < 1.29 is 4.74 Å². The lowest BCUT2D eigenvalue weighted by Gasteiger charge is -2.20. The van der Waals surface area contributed by atoms with E-state index in [1.165, 1.54) is 11.3 Å². The van der Waals surface area contributed by atoms with Gasteiger partial charge in [-0.05, 0) is 34.1 Å². The van der Waals surface area contributed by atoms with Crippen LogP contribution < -0.4 is 5.32 Å². The number of aromatic nitrogens is 5. The Morgan fingerprint density at radius 3 is 2.57 bits per heavy atom. The maximum absolute atomic E-state index is 6.01. The van der Waals surface area contributed by atoms with Gasteiger partial charge in [-0.2, -0.15) is 20.1 Å². The van der Waals surface area contributed by atoms with Crippen LogP contribution in [0.3, 0.4) is 0 Å². The summed E-state index contributed by atoms with van der Waals surface area (Å²) in [5, 5.41) is 17.0. The monoisotopic (exact) mass is 318 g/mol. The standard InChI is InChI=1S/C16H26N6O/c1-6-22-19-10(2)14(20-22)9-17-13-7-8-23-16(13)15-11(3)18-21(5)12(15)4/h13,16-17H,6-9H2,1-5H3/t13-,16-/m0/s1. The SMILES string of the molecule is CCn1nc(C)c(CN[C@H]2CCO[C@@H]2c2c(C)nn(C)c2C)n1. The molecule has 0 aromatic carbocycles. The summed E-state index contributed by atoms with van der Waals surface area (Å²) in [4.78, 5) is 1.74. The number of hydrogen-bond acceptors (Lipinski definition) is 5. The zero-order valence-electron chi connectivity index (χ0n) is 14.6. The van der Waals surface area contributed by atoms with Crippen molar-refractivity contribution in [3.63, 3.8) is 0 Å². The van der Waals surface area contributed by atoms with Crippen LogP contribution >= 0.6 is 0 Å². The van der Waals surface area contributed by atoms with E-state index in [4.69, 9.17) is 4.74 Å². The summed E-state index contributed by atoms with van der Waals surface area (Å²) in [5.74, 6) is 0. The van der Waals surface area contributed by atoms with Gasteiger partial charge in [0.2, 0.25) is 0 Å². The molecule has 0 bridgehead atoms. The van der Waals surface area contributed by atoms with Crippen LogP contribution in [0.2, 0.25) is 0 Å². The van der Waals surface area contributed by atoms with Crippen molar-refractivity contribution in [3.8, 4) is 0 Å². The Morgan fingerprint density at radius 2 is 1.96 bits per heavy atom. The van der Waals surface area contributed by atoms with Crippen molar-refractivity contribution in [2.75, 3.05) is 6.61 Å². The van der Waals surface area contributed by atoms with Crippen LogP contribution in [0.4, 0.5) is 0 Å². The predicted molar refractivity (Wildman–Crippen MR) is 87.1 cm³/mol. The summed E-state index contributed by atoms with van der Waals surface area (Å²) in [6.45, 7) is 10.5. The van der Waals surface area contributed by atoms with Crippen LogP contribution in [-0.2, 0) is 24.9 Å². The normalized spacial score (nSPS) is 21.3. The van der Waals surface area contributed by atoms with Gasteiger partial charge in [0, 0.05) is 37.5 Å². The van der Waals surface area contributed by atoms with Crippen LogP contribution in [0.5, 0.6) is 0 Å². The molecule has 1 fully saturated rings. The number of ether oxygens (including phenoxy) is 1. The Kier molecular flexibility index (Phi) is 4.50. The summed E-state index contributed by atoms with van der Waals surface area (Å²) in [6.07, 6.45) is 1.06. The van der Waals surface area contributed by atoms with Gasteiger partial charge in [-0.1, -0.05) is 0 Å². The topological polar surface area (TPSA) is 69.8 Å². The summed E-state index contributed by atoms with van der Waals surface area (Å²) in [7, 11) is 1.98. The minimum absolute atomic E-state index is 0.0604. The Hall–Kier alpha value is -1.73. The van der Waals surface area contributed by atoms with Gasteiger partial charge in [-0.15, -0.1) is 0 Å². The second kappa shape index (κ2) is 6.41. The Bertz CT molecular complexity index is 689. The highest BCUT2D eigenvalue weighted by Crippen LogP contribution is 2.33.